The maximum Gasteiger partial charge on any atom is 0.128 e. The molecule has 2 nitrogen and oxygen atoms in total. The fourth-order valence-electron chi connectivity index (χ4n) is 1.91. The highest BCUT2D eigenvalue weighted by molar-refractivity contribution is 5.45. The predicted octanol–water partition coefficient (Wildman–Crippen LogP) is 3.89. The van der Waals surface area contributed by atoms with Crippen molar-refractivity contribution in [1.29, 1.82) is 0 Å². The van der Waals surface area contributed by atoms with Gasteiger partial charge in [0.15, 0.2) is 0 Å². The summed E-state index contributed by atoms with van der Waals surface area (Å²) in [6.45, 7) is 2.44. The van der Waals surface area contributed by atoms with Crippen molar-refractivity contribution in [3.63, 3.8) is 0 Å². The van der Waals surface area contributed by atoms with Gasteiger partial charge in [0.1, 0.15) is 17.4 Å². The monoisotopic (exact) mass is 263 g/mol. The van der Waals surface area contributed by atoms with Crippen molar-refractivity contribution in [2.75, 3.05) is 12.4 Å². The van der Waals surface area contributed by atoms with E-state index in [-0.39, 0.29) is 0 Å². The highest BCUT2D eigenvalue weighted by Gasteiger charge is 2.02. The Hall–Kier alpha value is -2.10. The molecule has 0 aliphatic rings. The average Bonchev–Trinajstić information content (AvgIpc) is 2.35. The van der Waals surface area contributed by atoms with Crippen LogP contribution in [-0.4, -0.2) is 7.11 Å². The third-order valence-corrected chi connectivity index (χ3v) is 2.82. The molecule has 100 valence electrons. The van der Waals surface area contributed by atoms with Crippen LogP contribution in [0, 0.1) is 18.6 Å². The minimum absolute atomic E-state index is 0.422. The Morgan fingerprint density at radius 3 is 2.32 bits per heavy atom. The van der Waals surface area contributed by atoms with Crippen molar-refractivity contribution in [3.8, 4) is 5.75 Å². The lowest BCUT2D eigenvalue weighted by atomic mass is 10.1. The molecule has 0 unspecified atom stereocenters. The summed E-state index contributed by atoms with van der Waals surface area (Å²) in [6.07, 6.45) is 0. The Morgan fingerprint density at radius 1 is 1.05 bits per heavy atom. The number of hydrogen-bond donors (Lipinski definition) is 1. The van der Waals surface area contributed by atoms with Gasteiger partial charge in [-0.15, -0.1) is 0 Å². The number of rotatable bonds is 4. The van der Waals surface area contributed by atoms with Crippen LogP contribution >= 0.6 is 0 Å². The Balaban J connectivity index is 2.08. The molecule has 2 aromatic rings. The first kappa shape index (κ1) is 13.3. The van der Waals surface area contributed by atoms with Crippen LogP contribution in [0.2, 0.25) is 0 Å². The van der Waals surface area contributed by atoms with Gasteiger partial charge in [0.2, 0.25) is 0 Å². The molecule has 0 amide bonds. The van der Waals surface area contributed by atoms with E-state index in [0.717, 1.165) is 22.9 Å². The Kier molecular flexibility index (Phi) is 4.00. The van der Waals surface area contributed by atoms with Gasteiger partial charge in [-0.3, -0.25) is 0 Å². The fraction of sp³-hybridized carbons (Fsp3) is 0.200. The molecule has 2 aromatic carbocycles. The molecule has 0 bridgehead atoms. The van der Waals surface area contributed by atoms with Crippen LogP contribution in [0.4, 0.5) is 14.5 Å². The molecule has 0 heterocycles. The van der Waals surface area contributed by atoms with E-state index in [4.69, 9.17) is 4.74 Å². The minimum atomic E-state index is -0.589. The van der Waals surface area contributed by atoms with E-state index < -0.39 is 11.6 Å². The van der Waals surface area contributed by atoms with E-state index in [1.165, 1.54) is 12.1 Å². The number of benzene rings is 2. The topological polar surface area (TPSA) is 21.3 Å². The van der Waals surface area contributed by atoms with Gasteiger partial charge in [-0.1, -0.05) is 12.1 Å². The number of hydrogen-bond acceptors (Lipinski definition) is 2. The average molecular weight is 263 g/mol. The van der Waals surface area contributed by atoms with Crippen molar-refractivity contribution >= 4 is 5.69 Å². The maximum atomic E-state index is 13.0. The van der Waals surface area contributed by atoms with Gasteiger partial charge in [0.05, 0.1) is 7.11 Å². The molecule has 0 saturated carbocycles. The van der Waals surface area contributed by atoms with Crippen LogP contribution in [0.25, 0.3) is 0 Å². The number of ether oxygens (including phenoxy) is 1. The standard InChI is InChI=1S/C15H15F2NO/c1-10-5-11(3-4-15(10)19-2)9-18-14-7-12(16)6-13(17)8-14/h3-8,18H,9H2,1-2H3. The van der Waals surface area contributed by atoms with Crippen molar-refractivity contribution in [2.24, 2.45) is 0 Å². The van der Waals surface area contributed by atoms with Gasteiger partial charge in [0.25, 0.3) is 0 Å². The number of aryl methyl sites for hydroxylation is 1. The van der Waals surface area contributed by atoms with Crippen molar-refractivity contribution < 1.29 is 13.5 Å². The zero-order valence-corrected chi connectivity index (χ0v) is 10.8. The molecule has 0 radical (unpaired) electrons. The SMILES string of the molecule is COc1ccc(CNc2cc(F)cc(F)c2)cc1C. The second kappa shape index (κ2) is 5.69. The molecule has 0 aliphatic carbocycles. The molecule has 1 N–H and O–H groups in total. The second-order valence-electron chi connectivity index (χ2n) is 4.32. The summed E-state index contributed by atoms with van der Waals surface area (Å²) >= 11 is 0. The van der Waals surface area contributed by atoms with E-state index in [9.17, 15) is 8.78 Å². The van der Waals surface area contributed by atoms with Crippen molar-refractivity contribution in [3.05, 3.63) is 59.2 Å². The van der Waals surface area contributed by atoms with Gasteiger partial charge in [-0.25, -0.2) is 8.78 Å². The van der Waals surface area contributed by atoms with E-state index in [1.807, 2.05) is 25.1 Å². The zero-order valence-electron chi connectivity index (χ0n) is 10.8. The molecule has 19 heavy (non-hydrogen) atoms. The maximum absolute atomic E-state index is 13.0. The number of anilines is 1. The van der Waals surface area contributed by atoms with E-state index in [1.54, 1.807) is 7.11 Å². The zero-order chi connectivity index (χ0) is 13.8. The molecular weight excluding hydrogens is 248 g/mol. The Bertz CT molecular complexity index is 564. The van der Waals surface area contributed by atoms with Gasteiger partial charge in [0, 0.05) is 18.3 Å². The van der Waals surface area contributed by atoms with Crippen LogP contribution in [0.15, 0.2) is 36.4 Å². The van der Waals surface area contributed by atoms with Gasteiger partial charge >= 0.3 is 0 Å². The first-order valence-corrected chi connectivity index (χ1v) is 5.92. The third-order valence-electron chi connectivity index (χ3n) is 2.82. The number of nitrogens with one attached hydrogen (secondary N) is 1. The van der Waals surface area contributed by atoms with Crippen LogP contribution in [0.3, 0.4) is 0 Å². The van der Waals surface area contributed by atoms with Crippen LogP contribution < -0.4 is 10.1 Å². The largest absolute Gasteiger partial charge is 0.496 e. The van der Waals surface area contributed by atoms with Gasteiger partial charge in [-0.2, -0.15) is 0 Å². The molecule has 0 atom stereocenters. The summed E-state index contributed by atoms with van der Waals surface area (Å²) in [4.78, 5) is 0. The lowest BCUT2D eigenvalue weighted by Gasteiger charge is -2.10. The lowest BCUT2D eigenvalue weighted by Crippen LogP contribution is -2.01. The highest BCUT2D eigenvalue weighted by atomic mass is 19.1. The van der Waals surface area contributed by atoms with Crippen LogP contribution in [0.5, 0.6) is 5.75 Å². The van der Waals surface area contributed by atoms with Gasteiger partial charge in [-0.05, 0) is 36.2 Å². The molecule has 2 rings (SSSR count). The Morgan fingerprint density at radius 2 is 1.74 bits per heavy atom. The summed E-state index contributed by atoms with van der Waals surface area (Å²) < 4.78 is 31.2. The molecular formula is C15H15F2NO. The van der Waals surface area contributed by atoms with E-state index in [0.29, 0.717) is 12.2 Å². The van der Waals surface area contributed by atoms with Crippen LogP contribution in [-0.2, 0) is 6.54 Å². The van der Waals surface area contributed by atoms with Crippen molar-refractivity contribution in [1.82, 2.24) is 0 Å². The lowest BCUT2D eigenvalue weighted by molar-refractivity contribution is 0.411. The number of halogens is 2. The van der Waals surface area contributed by atoms with Gasteiger partial charge < -0.3 is 10.1 Å². The number of methoxy groups -OCH3 is 1. The summed E-state index contributed by atoms with van der Waals surface area (Å²) in [6, 6.07) is 9.14. The third kappa shape index (κ3) is 3.44. The van der Waals surface area contributed by atoms with Crippen LogP contribution in [0.1, 0.15) is 11.1 Å². The normalized spacial score (nSPS) is 10.3. The predicted molar refractivity (Wildman–Crippen MR) is 71.4 cm³/mol. The Labute approximate surface area is 111 Å². The summed E-state index contributed by atoms with van der Waals surface area (Å²) in [5, 5.41) is 2.99. The molecule has 0 aliphatic heterocycles. The summed E-state index contributed by atoms with van der Waals surface area (Å²) in [5.74, 6) is -0.359. The summed E-state index contributed by atoms with van der Waals surface area (Å²) in [5.41, 5.74) is 2.46. The second-order valence-corrected chi connectivity index (χ2v) is 4.32. The quantitative estimate of drug-likeness (QED) is 0.903. The van der Waals surface area contributed by atoms with E-state index in [2.05, 4.69) is 5.32 Å². The first-order chi connectivity index (χ1) is 9.08. The molecule has 0 aromatic heterocycles. The highest BCUT2D eigenvalue weighted by Crippen LogP contribution is 2.20. The molecule has 0 spiro atoms. The fourth-order valence-corrected chi connectivity index (χ4v) is 1.91. The molecule has 0 fully saturated rings. The van der Waals surface area contributed by atoms with E-state index >= 15 is 0 Å². The van der Waals surface area contributed by atoms with Crippen molar-refractivity contribution in [2.45, 2.75) is 13.5 Å². The molecule has 4 heteroatoms. The minimum Gasteiger partial charge on any atom is -0.496 e. The molecule has 0 saturated heterocycles. The first-order valence-electron chi connectivity index (χ1n) is 5.92. The smallest absolute Gasteiger partial charge is 0.128 e. The summed E-state index contributed by atoms with van der Waals surface area (Å²) in [7, 11) is 1.62.